The highest BCUT2D eigenvalue weighted by Gasteiger charge is 2.18. The van der Waals surface area contributed by atoms with E-state index in [0.29, 0.717) is 5.13 Å². The molecule has 0 radical (unpaired) electrons. The standard InChI is InChI=1S/C16H15N3OS2/c17-16-19(11-13(20)14-7-4-10-21-14)18-15(22-16)9-8-12-5-2-1-3-6-12/h1-7,10,17H,8-9,11H2/p+1. The monoisotopic (exact) mass is 330 g/mol. The Bertz CT molecular complexity index is 751. The van der Waals surface area contributed by atoms with Gasteiger partial charge in [0.15, 0.2) is 6.54 Å². The molecule has 2 heterocycles. The molecule has 0 saturated carbocycles. The van der Waals surface area contributed by atoms with Crippen molar-refractivity contribution >= 4 is 33.6 Å². The summed E-state index contributed by atoms with van der Waals surface area (Å²) < 4.78 is 1.60. The van der Waals surface area contributed by atoms with Crippen molar-refractivity contribution in [2.75, 3.05) is 5.73 Å². The highest BCUT2D eigenvalue weighted by atomic mass is 32.1. The Labute approximate surface area is 136 Å². The third kappa shape index (κ3) is 3.58. The fourth-order valence-corrected chi connectivity index (χ4v) is 3.59. The fraction of sp³-hybridized carbons (Fsp3) is 0.188. The molecular weight excluding hydrogens is 314 g/mol. The Balaban J connectivity index is 1.65. The van der Waals surface area contributed by atoms with Gasteiger partial charge in [0.05, 0.1) is 4.88 Å². The first kappa shape index (κ1) is 14.9. The van der Waals surface area contributed by atoms with Gasteiger partial charge in [-0.2, -0.15) is 0 Å². The maximum Gasteiger partial charge on any atom is 0.354 e. The molecule has 22 heavy (non-hydrogen) atoms. The van der Waals surface area contributed by atoms with Crippen molar-refractivity contribution < 1.29 is 9.48 Å². The summed E-state index contributed by atoms with van der Waals surface area (Å²) in [5, 5.41) is 7.90. The quantitative estimate of drug-likeness (QED) is 0.558. The number of hydrogen-bond donors (Lipinski definition) is 1. The Morgan fingerprint density at radius 3 is 2.68 bits per heavy atom. The summed E-state index contributed by atoms with van der Waals surface area (Å²) in [7, 11) is 0. The molecular formula is C16H16N3OS2+. The number of aryl methyl sites for hydroxylation is 2. The average Bonchev–Trinajstić information content (AvgIpc) is 3.17. The van der Waals surface area contributed by atoms with Crippen LogP contribution in [0.4, 0.5) is 5.13 Å². The Morgan fingerprint density at radius 1 is 1.14 bits per heavy atom. The molecule has 0 atom stereocenters. The second-order valence-electron chi connectivity index (χ2n) is 4.88. The van der Waals surface area contributed by atoms with Crippen LogP contribution in [-0.4, -0.2) is 10.9 Å². The van der Waals surface area contributed by atoms with Crippen molar-refractivity contribution in [3.63, 3.8) is 0 Å². The summed E-state index contributed by atoms with van der Waals surface area (Å²) in [4.78, 5) is 12.9. The van der Waals surface area contributed by atoms with Gasteiger partial charge in [0.1, 0.15) is 5.01 Å². The summed E-state index contributed by atoms with van der Waals surface area (Å²) in [5.74, 6) is 0.0478. The van der Waals surface area contributed by atoms with Crippen LogP contribution < -0.4 is 10.4 Å². The Kier molecular flexibility index (Phi) is 4.60. The van der Waals surface area contributed by atoms with Crippen LogP contribution in [0.15, 0.2) is 47.8 Å². The lowest BCUT2D eigenvalue weighted by Gasteiger charge is -1.96. The number of benzene rings is 1. The largest absolute Gasteiger partial charge is 0.354 e. The Hall–Kier alpha value is -2.05. The average molecular weight is 330 g/mol. The molecule has 0 spiro atoms. The highest BCUT2D eigenvalue weighted by molar-refractivity contribution is 7.14. The lowest BCUT2D eigenvalue weighted by molar-refractivity contribution is -0.723. The van der Waals surface area contributed by atoms with Crippen LogP contribution in [0.1, 0.15) is 20.2 Å². The van der Waals surface area contributed by atoms with E-state index in [-0.39, 0.29) is 12.3 Å². The minimum Gasteiger partial charge on any atom is -0.289 e. The molecule has 6 heteroatoms. The highest BCUT2D eigenvalue weighted by Crippen LogP contribution is 2.14. The predicted molar refractivity (Wildman–Crippen MR) is 89.2 cm³/mol. The van der Waals surface area contributed by atoms with Crippen LogP contribution in [0.25, 0.3) is 0 Å². The van der Waals surface area contributed by atoms with Gasteiger partial charge in [0.25, 0.3) is 0 Å². The number of Topliss-reactive ketones (excluding diaryl/α,β-unsaturated/α-hetero) is 1. The number of anilines is 1. The molecule has 0 fully saturated rings. The summed E-state index contributed by atoms with van der Waals surface area (Å²) >= 11 is 2.90. The van der Waals surface area contributed by atoms with Crippen molar-refractivity contribution in [2.45, 2.75) is 19.4 Å². The van der Waals surface area contributed by atoms with Gasteiger partial charge in [-0.1, -0.05) is 41.5 Å². The number of ketones is 1. The van der Waals surface area contributed by atoms with Gasteiger partial charge in [-0.3, -0.25) is 10.5 Å². The van der Waals surface area contributed by atoms with Crippen LogP contribution in [0.5, 0.6) is 0 Å². The lowest BCUT2D eigenvalue weighted by Crippen LogP contribution is -2.41. The van der Waals surface area contributed by atoms with Gasteiger partial charge in [-0.25, -0.2) is 0 Å². The topological polar surface area (TPSA) is 59.9 Å². The van der Waals surface area contributed by atoms with E-state index in [1.165, 1.54) is 28.2 Å². The smallest absolute Gasteiger partial charge is 0.289 e. The summed E-state index contributed by atoms with van der Waals surface area (Å²) in [6, 6.07) is 14.0. The second-order valence-corrected chi connectivity index (χ2v) is 6.92. The predicted octanol–water partition coefficient (Wildman–Crippen LogP) is 2.74. The van der Waals surface area contributed by atoms with E-state index in [4.69, 9.17) is 5.73 Å². The molecule has 0 aliphatic rings. The van der Waals surface area contributed by atoms with Gasteiger partial charge in [0, 0.05) is 6.42 Å². The molecule has 3 rings (SSSR count). The van der Waals surface area contributed by atoms with Gasteiger partial charge in [0.2, 0.25) is 5.78 Å². The maximum absolute atomic E-state index is 12.1. The number of hydrogen-bond acceptors (Lipinski definition) is 5. The number of carbonyl (C=O) groups is 1. The number of rotatable bonds is 6. The third-order valence-corrected chi connectivity index (χ3v) is 5.12. The molecule has 2 aromatic heterocycles. The fourth-order valence-electron chi connectivity index (χ4n) is 2.14. The van der Waals surface area contributed by atoms with Crippen LogP contribution in [0, 0.1) is 0 Å². The zero-order valence-corrected chi connectivity index (χ0v) is 13.6. The number of thiophene rings is 1. The number of aromatic nitrogens is 2. The van der Waals surface area contributed by atoms with Gasteiger partial charge >= 0.3 is 5.13 Å². The van der Waals surface area contributed by atoms with Crippen molar-refractivity contribution in [1.82, 2.24) is 5.10 Å². The second kappa shape index (κ2) is 6.81. The zero-order chi connectivity index (χ0) is 15.4. The minimum absolute atomic E-state index is 0.0478. The third-order valence-electron chi connectivity index (χ3n) is 3.27. The molecule has 0 unspecified atom stereocenters. The number of nitrogens with two attached hydrogens (primary N) is 1. The van der Waals surface area contributed by atoms with Crippen molar-refractivity contribution in [2.24, 2.45) is 0 Å². The SMILES string of the molecule is Nc1sc(CCc2ccccc2)n[n+]1CC(=O)c1cccs1. The molecule has 0 bridgehead atoms. The first-order valence-corrected chi connectivity index (χ1v) is 8.68. The summed E-state index contributed by atoms with van der Waals surface area (Å²) in [6.07, 6.45) is 1.76. The molecule has 4 nitrogen and oxygen atoms in total. The first-order chi connectivity index (χ1) is 10.7. The van der Waals surface area contributed by atoms with Crippen LogP contribution in [-0.2, 0) is 19.4 Å². The molecule has 0 aliphatic heterocycles. The number of carbonyl (C=O) groups excluding carboxylic acids is 1. The van der Waals surface area contributed by atoms with Gasteiger partial charge in [-0.15, -0.1) is 16.0 Å². The number of nitrogens with zero attached hydrogens (tertiary/aromatic N) is 2. The molecule has 0 saturated heterocycles. The van der Waals surface area contributed by atoms with E-state index in [0.717, 1.165) is 22.7 Å². The summed E-state index contributed by atoms with van der Waals surface area (Å²) in [6.45, 7) is 0.203. The molecule has 1 aromatic carbocycles. The van der Waals surface area contributed by atoms with E-state index >= 15 is 0 Å². The Morgan fingerprint density at radius 2 is 1.95 bits per heavy atom. The first-order valence-electron chi connectivity index (χ1n) is 6.98. The van der Waals surface area contributed by atoms with E-state index < -0.39 is 0 Å². The number of nitrogen functional groups attached to an aromatic ring is 1. The van der Waals surface area contributed by atoms with Crippen molar-refractivity contribution in [1.29, 1.82) is 0 Å². The maximum atomic E-state index is 12.1. The van der Waals surface area contributed by atoms with Crippen LogP contribution in [0.3, 0.4) is 0 Å². The van der Waals surface area contributed by atoms with Crippen molar-refractivity contribution in [3.8, 4) is 0 Å². The molecule has 112 valence electrons. The van der Waals surface area contributed by atoms with Crippen molar-refractivity contribution in [3.05, 3.63) is 63.3 Å². The summed E-state index contributed by atoms with van der Waals surface area (Å²) in [5.41, 5.74) is 7.26. The van der Waals surface area contributed by atoms with E-state index in [1.807, 2.05) is 35.7 Å². The molecule has 2 N–H and O–H groups in total. The van der Waals surface area contributed by atoms with Crippen LogP contribution in [0.2, 0.25) is 0 Å². The lowest BCUT2D eigenvalue weighted by atomic mass is 10.1. The van der Waals surface area contributed by atoms with Gasteiger partial charge < -0.3 is 0 Å². The van der Waals surface area contributed by atoms with Gasteiger partial charge in [-0.05, 0) is 34.8 Å². The van der Waals surface area contributed by atoms with E-state index in [1.54, 1.807) is 4.68 Å². The minimum atomic E-state index is 0.0478. The molecule has 0 amide bonds. The molecule has 0 aliphatic carbocycles. The van der Waals surface area contributed by atoms with Crippen LogP contribution >= 0.6 is 22.7 Å². The molecule has 3 aromatic rings. The normalized spacial score (nSPS) is 10.7. The van der Waals surface area contributed by atoms with E-state index in [9.17, 15) is 4.79 Å². The van der Waals surface area contributed by atoms with E-state index in [2.05, 4.69) is 17.2 Å². The zero-order valence-electron chi connectivity index (χ0n) is 11.9.